The average Bonchev–Trinajstić information content (AvgIpc) is 2.48. The molecule has 13 heavy (non-hydrogen) atoms. The molecule has 1 aromatic rings. The molecule has 0 bridgehead atoms. The third kappa shape index (κ3) is 1.54. The van der Waals surface area contributed by atoms with E-state index in [2.05, 4.69) is 10.4 Å². The molecule has 2 rings (SSSR count). The van der Waals surface area contributed by atoms with Crippen molar-refractivity contribution >= 4 is 5.91 Å². The molecule has 1 aromatic heterocycles. The van der Waals surface area contributed by atoms with Crippen LogP contribution in [0.15, 0.2) is 12.3 Å². The molecule has 0 aliphatic carbocycles. The summed E-state index contributed by atoms with van der Waals surface area (Å²) in [5.41, 5.74) is 0.653. The van der Waals surface area contributed by atoms with Crippen LogP contribution >= 0.6 is 0 Å². The van der Waals surface area contributed by atoms with Crippen molar-refractivity contribution in [1.82, 2.24) is 15.1 Å². The summed E-state index contributed by atoms with van der Waals surface area (Å²) in [4.78, 5) is 11.3. The van der Waals surface area contributed by atoms with Crippen LogP contribution in [0.1, 0.15) is 30.4 Å². The smallest absolute Gasteiger partial charge is 0.269 e. The van der Waals surface area contributed by atoms with Crippen molar-refractivity contribution in [1.29, 1.82) is 0 Å². The zero-order valence-electron chi connectivity index (χ0n) is 7.43. The summed E-state index contributed by atoms with van der Waals surface area (Å²) in [6.07, 6.45) is 1.66. The van der Waals surface area contributed by atoms with E-state index in [-0.39, 0.29) is 38.4 Å². The summed E-state index contributed by atoms with van der Waals surface area (Å²) < 4.78 is 1.77. The van der Waals surface area contributed by atoms with E-state index in [9.17, 15) is 4.79 Å². The first-order valence-electron chi connectivity index (χ1n) is 4.04. The molecule has 2 heterocycles. The van der Waals surface area contributed by atoms with Crippen LogP contribution in [0.4, 0.5) is 0 Å². The predicted molar refractivity (Wildman–Crippen MR) is 43.9 cm³/mol. The first kappa shape index (κ1) is 10.4. The van der Waals surface area contributed by atoms with Gasteiger partial charge in [0.2, 0.25) is 0 Å². The van der Waals surface area contributed by atoms with Crippen molar-refractivity contribution < 1.29 is 25.2 Å². The number of amides is 1. The maximum atomic E-state index is 11.3. The van der Waals surface area contributed by atoms with Crippen LogP contribution in [0.5, 0.6) is 0 Å². The fraction of sp³-hybridized carbons (Fsp3) is 0.500. The van der Waals surface area contributed by atoms with E-state index in [4.69, 9.17) is 0 Å². The Bertz CT molecular complexity index is 323. The molecular formula is C8H11N3OPd. The molecule has 0 fully saturated rings. The molecule has 0 radical (unpaired) electrons. The van der Waals surface area contributed by atoms with Gasteiger partial charge in [-0.15, -0.1) is 0 Å². The first-order valence-corrected chi connectivity index (χ1v) is 4.04. The number of aromatic nitrogens is 2. The largest absolute Gasteiger partial charge is 0.346 e. The van der Waals surface area contributed by atoms with E-state index >= 15 is 0 Å². The van der Waals surface area contributed by atoms with Gasteiger partial charge in [-0.05, 0) is 19.9 Å². The van der Waals surface area contributed by atoms with Crippen LogP contribution in [-0.4, -0.2) is 21.7 Å². The first-order chi connectivity index (χ1) is 5.70. The molecule has 1 aliphatic rings. The summed E-state index contributed by atoms with van der Waals surface area (Å²) in [6.45, 7) is 4.02. The summed E-state index contributed by atoms with van der Waals surface area (Å²) in [5, 5.41) is 6.97. The van der Waals surface area contributed by atoms with Crippen LogP contribution in [0, 0.1) is 0 Å². The second-order valence-corrected chi connectivity index (χ2v) is 3.16. The summed E-state index contributed by atoms with van der Waals surface area (Å²) in [7, 11) is 0. The second kappa shape index (κ2) is 3.61. The van der Waals surface area contributed by atoms with Crippen molar-refractivity contribution in [3.63, 3.8) is 0 Å². The molecule has 0 saturated heterocycles. The van der Waals surface area contributed by atoms with Crippen LogP contribution in [0.2, 0.25) is 0 Å². The SMILES string of the molecule is C[C@@H]1NC(=O)c2ccnn2[C@H]1C.[Pd]. The van der Waals surface area contributed by atoms with E-state index < -0.39 is 0 Å². The minimum absolute atomic E-state index is 0. The van der Waals surface area contributed by atoms with Crippen LogP contribution < -0.4 is 5.32 Å². The van der Waals surface area contributed by atoms with E-state index in [0.29, 0.717) is 5.69 Å². The van der Waals surface area contributed by atoms with E-state index in [1.54, 1.807) is 16.9 Å². The molecule has 1 N–H and O–H groups in total. The molecule has 1 aliphatic heterocycles. The Morgan fingerprint density at radius 2 is 2.23 bits per heavy atom. The standard InChI is InChI=1S/C8H11N3O.Pd/c1-5-6(2)11-7(3-4-9-11)8(12)10-5;/h3-6H,1-2H3,(H,10,12);/t5-,6-;/m0./s1. The molecule has 0 spiro atoms. The minimum atomic E-state index is -0.0295. The van der Waals surface area contributed by atoms with E-state index in [1.807, 2.05) is 13.8 Å². The summed E-state index contributed by atoms with van der Waals surface area (Å²) in [5.74, 6) is -0.0295. The second-order valence-electron chi connectivity index (χ2n) is 3.16. The fourth-order valence-corrected chi connectivity index (χ4v) is 1.43. The van der Waals surface area contributed by atoms with Crippen molar-refractivity contribution in [2.75, 3.05) is 0 Å². The summed E-state index contributed by atoms with van der Waals surface area (Å²) >= 11 is 0. The van der Waals surface area contributed by atoms with Crippen molar-refractivity contribution in [2.24, 2.45) is 0 Å². The molecule has 1 amide bonds. The van der Waals surface area contributed by atoms with Crippen LogP contribution in [-0.2, 0) is 20.4 Å². The van der Waals surface area contributed by atoms with Crippen LogP contribution in [0.3, 0.4) is 0 Å². The Labute approximate surface area is 90.3 Å². The van der Waals surface area contributed by atoms with Gasteiger partial charge in [0.05, 0.1) is 6.04 Å². The number of carbonyl (C=O) groups is 1. The van der Waals surface area contributed by atoms with Gasteiger partial charge in [-0.2, -0.15) is 5.10 Å². The van der Waals surface area contributed by atoms with Gasteiger partial charge in [-0.3, -0.25) is 9.48 Å². The Hall–Kier alpha value is -0.658. The third-order valence-electron chi connectivity index (χ3n) is 2.37. The van der Waals surface area contributed by atoms with Gasteiger partial charge in [-0.25, -0.2) is 0 Å². The van der Waals surface area contributed by atoms with Gasteiger partial charge in [0.25, 0.3) is 5.91 Å². The minimum Gasteiger partial charge on any atom is -0.346 e. The number of carbonyl (C=O) groups excluding carboxylic acids is 1. The van der Waals surface area contributed by atoms with Gasteiger partial charge >= 0.3 is 0 Å². The monoisotopic (exact) mass is 271 g/mol. The molecule has 74 valence electrons. The van der Waals surface area contributed by atoms with Crippen molar-refractivity contribution in [3.8, 4) is 0 Å². The number of fused-ring (bicyclic) bond motifs is 1. The fourth-order valence-electron chi connectivity index (χ4n) is 1.43. The molecule has 0 saturated carbocycles. The van der Waals surface area contributed by atoms with Gasteiger partial charge in [0.1, 0.15) is 5.69 Å². The maximum Gasteiger partial charge on any atom is 0.269 e. The topological polar surface area (TPSA) is 46.9 Å². The molecular weight excluding hydrogens is 261 g/mol. The normalized spacial score (nSPS) is 25.8. The average molecular weight is 272 g/mol. The van der Waals surface area contributed by atoms with Gasteiger partial charge in [0, 0.05) is 32.7 Å². The zero-order valence-corrected chi connectivity index (χ0v) is 8.98. The number of nitrogens with zero attached hydrogens (tertiary/aromatic N) is 2. The van der Waals surface area contributed by atoms with Crippen molar-refractivity contribution in [3.05, 3.63) is 18.0 Å². The Kier molecular flexibility index (Phi) is 2.89. The predicted octanol–water partition coefficient (Wildman–Crippen LogP) is 0.574. The van der Waals surface area contributed by atoms with Crippen LogP contribution in [0.25, 0.3) is 0 Å². The third-order valence-corrected chi connectivity index (χ3v) is 2.37. The van der Waals surface area contributed by atoms with E-state index in [0.717, 1.165) is 0 Å². The number of hydrogen-bond acceptors (Lipinski definition) is 2. The molecule has 2 atom stereocenters. The van der Waals surface area contributed by atoms with Gasteiger partial charge < -0.3 is 5.32 Å². The van der Waals surface area contributed by atoms with Gasteiger partial charge in [0.15, 0.2) is 0 Å². The Morgan fingerprint density at radius 3 is 2.92 bits per heavy atom. The number of nitrogens with one attached hydrogen (secondary N) is 1. The van der Waals surface area contributed by atoms with E-state index in [1.165, 1.54) is 0 Å². The number of rotatable bonds is 0. The summed E-state index contributed by atoms with van der Waals surface area (Å²) in [6, 6.07) is 2.13. The molecule has 4 nitrogen and oxygen atoms in total. The quantitative estimate of drug-likeness (QED) is 0.702. The molecule has 0 aromatic carbocycles. The maximum absolute atomic E-state index is 11.3. The molecule has 0 unspecified atom stereocenters. The Balaban J connectivity index is 0.000000845. The Morgan fingerprint density at radius 1 is 1.54 bits per heavy atom. The molecule has 5 heteroatoms. The van der Waals surface area contributed by atoms with Crippen molar-refractivity contribution in [2.45, 2.75) is 25.9 Å². The number of hydrogen-bond donors (Lipinski definition) is 1. The van der Waals surface area contributed by atoms with Gasteiger partial charge in [-0.1, -0.05) is 0 Å². The zero-order chi connectivity index (χ0) is 8.72.